The molecule has 3 heterocycles. The number of benzene rings is 3. The van der Waals surface area contributed by atoms with Crippen LogP contribution in [0.2, 0.25) is 0 Å². The van der Waals surface area contributed by atoms with Crippen molar-refractivity contribution in [2.24, 2.45) is 0 Å². The highest BCUT2D eigenvalue weighted by atomic mass is 16.7. The SMILES string of the molecule is CCN(CC)c1ccc2c(c1)Oc1cc(B3OC(C)(C)C(C)(C)O3)ccc1C21OC(=O)c2ccccc21. The quantitative estimate of drug-likeness (QED) is 0.356. The highest BCUT2D eigenvalue weighted by Crippen LogP contribution is 2.56. The fraction of sp³-hybridized carbons (Fsp3) is 0.367. The molecule has 3 aliphatic heterocycles. The average Bonchev–Trinajstić information content (AvgIpc) is 3.28. The minimum atomic E-state index is -1.09. The number of nitrogens with zero attached hydrogens (tertiary/aromatic N) is 1. The summed E-state index contributed by atoms with van der Waals surface area (Å²) < 4.78 is 25.5. The largest absolute Gasteiger partial charge is 0.494 e. The van der Waals surface area contributed by atoms with Crippen LogP contribution in [0.3, 0.4) is 0 Å². The van der Waals surface area contributed by atoms with Crippen molar-refractivity contribution in [1.82, 2.24) is 0 Å². The molecule has 0 radical (unpaired) electrons. The normalized spacial score (nSPS) is 22.2. The lowest BCUT2D eigenvalue weighted by Gasteiger charge is -2.37. The summed E-state index contributed by atoms with van der Waals surface area (Å²) in [6, 6.07) is 19.7. The van der Waals surface area contributed by atoms with Gasteiger partial charge >= 0.3 is 13.1 Å². The summed E-state index contributed by atoms with van der Waals surface area (Å²) in [6.07, 6.45) is 0. The number of hydrogen-bond donors (Lipinski definition) is 0. The van der Waals surface area contributed by atoms with E-state index in [1.54, 1.807) is 0 Å². The Morgan fingerprint density at radius 3 is 2.08 bits per heavy atom. The smallest absolute Gasteiger partial charge is 0.456 e. The predicted octanol–water partition coefficient (Wildman–Crippen LogP) is 5.40. The van der Waals surface area contributed by atoms with Crippen LogP contribution < -0.4 is 15.1 Å². The van der Waals surface area contributed by atoms with Crippen LogP contribution in [-0.2, 0) is 19.6 Å². The Bertz CT molecular complexity index is 1400. The predicted molar refractivity (Wildman–Crippen MR) is 144 cm³/mol. The molecule has 6 nitrogen and oxygen atoms in total. The molecule has 1 unspecified atom stereocenters. The first-order chi connectivity index (χ1) is 17.6. The Morgan fingerprint density at radius 1 is 0.784 bits per heavy atom. The maximum Gasteiger partial charge on any atom is 0.494 e. The lowest BCUT2D eigenvalue weighted by Crippen LogP contribution is -2.41. The Balaban J connectivity index is 1.53. The third-order valence-electron chi connectivity index (χ3n) is 8.38. The van der Waals surface area contributed by atoms with Gasteiger partial charge in [-0.1, -0.05) is 30.3 Å². The summed E-state index contributed by atoms with van der Waals surface area (Å²) in [5.74, 6) is 0.964. The van der Waals surface area contributed by atoms with Crippen molar-refractivity contribution in [3.8, 4) is 11.5 Å². The standard InChI is InChI=1S/C30H32BNO5/c1-7-32(8-2)20-14-16-24-26(18-20)34-25-17-19(31-36-28(3,4)29(5,6)37-31)13-15-23(25)30(24)22-12-10-9-11-21(22)27(33)35-30/h9-18H,7-8H2,1-6H3. The first-order valence-electron chi connectivity index (χ1n) is 13.0. The van der Waals surface area contributed by atoms with E-state index in [-0.39, 0.29) is 5.97 Å². The van der Waals surface area contributed by atoms with Gasteiger partial charge in [-0.2, -0.15) is 0 Å². The number of ether oxygens (including phenoxy) is 2. The topological polar surface area (TPSA) is 57.2 Å². The highest BCUT2D eigenvalue weighted by Gasteiger charge is 2.55. The molecule has 0 aromatic heterocycles. The molecule has 0 aliphatic carbocycles. The zero-order valence-electron chi connectivity index (χ0n) is 22.3. The maximum atomic E-state index is 13.1. The van der Waals surface area contributed by atoms with Crippen LogP contribution in [0.4, 0.5) is 5.69 Å². The summed E-state index contributed by atoms with van der Waals surface area (Å²) in [6.45, 7) is 14.2. The summed E-state index contributed by atoms with van der Waals surface area (Å²) in [5.41, 5.74) is 2.91. The molecule has 6 rings (SSSR count). The molecular weight excluding hydrogens is 465 g/mol. The molecule has 1 fully saturated rings. The van der Waals surface area contributed by atoms with Crippen LogP contribution in [0.5, 0.6) is 11.5 Å². The van der Waals surface area contributed by atoms with Crippen LogP contribution >= 0.6 is 0 Å². The Kier molecular flexibility index (Phi) is 5.27. The minimum Gasteiger partial charge on any atom is -0.456 e. The van der Waals surface area contributed by atoms with Gasteiger partial charge in [-0.25, -0.2) is 4.79 Å². The molecular formula is C30H32BNO5. The molecule has 37 heavy (non-hydrogen) atoms. The number of hydrogen-bond acceptors (Lipinski definition) is 6. The zero-order valence-corrected chi connectivity index (χ0v) is 22.3. The van der Waals surface area contributed by atoms with Gasteiger partial charge in [-0.3, -0.25) is 0 Å². The summed E-state index contributed by atoms with van der Waals surface area (Å²) >= 11 is 0. The van der Waals surface area contributed by atoms with Gasteiger partial charge in [0, 0.05) is 41.5 Å². The molecule has 7 heteroatoms. The van der Waals surface area contributed by atoms with E-state index < -0.39 is 23.9 Å². The van der Waals surface area contributed by atoms with Crippen LogP contribution in [0, 0.1) is 0 Å². The zero-order chi connectivity index (χ0) is 26.2. The van der Waals surface area contributed by atoms with E-state index in [2.05, 4.69) is 24.8 Å². The van der Waals surface area contributed by atoms with E-state index in [1.165, 1.54) is 0 Å². The molecule has 190 valence electrons. The van der Waals surface area contributed by atoms with Crippen molar-refractivity contribution in [1.29, 1.82) is 0 Å². The van der Waals surface area contributed by atoms with Gasteiger partial charge in [0.25, 0.3) is 0 Å². The molecule has 3 aliphatic rings. The van der Waals surface area contributed by atoms with E-state index in [4.69, 9.17) is 18.8 Å². The Labute approximate surface area is 218 Å². The molecule has 1 atom stereocenters. The lowest BCUT2D eigenvalue weighted by molar-refractivity contribution is 0.00578. The monoisotopic (exact) mass is 497 g/mol. The third kappa shape index (κ3) is 3.37. The fourth-order valence-electron chi connectivity index (χ4n) is 5.59. The van der Waals surface area contributed by atoms with Crippen molar-refractivity contribution >= 4 is 24.2 Å². The van der Waals surface area contributed by atoms with E-state index >= 15 is 0 Å². The number of esters is 1. The molecule has 1 spiro atoms. The second kappa shape index (κ2) is 8.11. The lowest BCUT2D eigenvalue weighted by atomic mass is 9.74. The Hall–Kier alpha value is -3.29. The Morgan fingerprint density at radius 2 is 1.41 bits per heavy atom. The first kappa shape index (κ1) is 24.1. The molecule has 3 aromatic carbocycles. The van der Waals surface area contributed by atoms with Gasteiger partial charge in [0.1, 0.15) is 11.5 Å². The van der Waals surface area contributed by atoms with Crippen LogP contribution in [0.1, 0.15) is 68.6 Å². The van der Waals surface area contributed by atoms with Gasteiger partial charge in [0.2, 0.25) is 0 Å². The second-order valence-electron chi connectivity index (χ2n) is 10.9. The van der Waals surface area contributed by atoms with E-state index in [0.717, 1.165) is 40.9 Å². The summed E-state index contributed by atoms with van der Waals surface area (Å²) in [7, 11) is -0.531. The number of carbonyl (C=O) groups excluding carboxylic acids is 1. The van der Waals surface area contributed by atoms with Crippen molar-refractivity contribution in [3.63, 3.8) is 0 Å². The molecule has 0 saturated carbocycles. The average molecular weight is 497 g/mol. The van der Waals surface area contributed by atoms with Gasteiger partial charge < -0.3 is 23.7 Å². The van der Waals surface area contributed by atoms with Crippen LogP contribution in [0.25, 0.3) is 0 Å². The van der Waals surface area contributed by atoms with Crippen molar-refractivity contribution in [2.45, 2.75) is 58.3 Å². The molecule has 1 saturated heterocycles. The van der Waals surface area contributed by atoms with Crippen LogP contribution in [-0.4, -0.2) is 37.4 Å². The summed E-state index contributed by atoms with van der Waals surface area (Å²) in [4.78, 5) is 15.4. The first-order valence-corrected chi connectivity index (χ1v) is 13.0. The van der Waals surface area contributed by atoms with Crippen molar-refractivity contribution in [3.05, 3.63) is 82.9 Å². The van der Waals surface area contributed by atoms with Crippen molar-refractivity contribution < 1.29 is 23.6 Å². The molecule has 3 aromatic rings. The second-order valence-corrected chi connectivity index (χ2v) is 10.9. The van der Waals surface area contributed by atoms with Gasteiger partial charge in [-0.15, -0.1) is 0 Å². The highest BCUT2D eigenvalue weighted by molar-refractivity contribution is 6.62. The van der Waals surface area contributed by atoms with E-state index in [9.17, 15) is 4.79 Å². The number of anilines is 1. The van der Waals surface area contributed by atoms with Crippen LogP contribution in [0.15, 0.2) is 60.7 Å². The molecule has 0 amide bonds. The van der Waals surface area contributed by atoms with Gasteiger partial charge in [0.05, 0.1) is 16.8 Å². The maximum absolute atomic E-state index is 13.1. The number of carbonyl (C=O) groups is 1. The molecule has 0 N–H and O–H groups in total. The minimum absolute atomic E-state index is 0.336. The van der Waals surface area contributed by atoms with Gasteiger partial charge in [-0.05, 0) is 71.3 Å². The van der Waals surface area contributed by atoms with E-state index in [0.29, 0.717) is 17.1 Å². The number of fused-ring (bicyclic) bond motifs is 6. The third-order valence-corrected chi connectivity index (χ3v) is 8.38. The fourth-order valence-corrected chi connectivity index (χ4v) is 5.59. The van der Waals surface area contributed by atoms with E-state index in [1.807, 2.05) is 82.3 Å². The molecule has 0 bridgehead atoms. The van der Waals surface area contributed by atoms with Crippen molar-refractivity contribution in [2.75, 3.05) is 18.0 Å². The number of rotatable bonds is 4. The van der Waals surface area contributed by atoms with Gasteiger partial charge in [0.15, 0.2) is 5.60 Å². The summed E-state index contributed by atoms with van der Waals surface area (Å²) in [5, 5.41) is 0.